The summed E-state index contributed by atoms with van der Waals surface area (Å²) in [5.41, 5.74) is 5.27. The third-order valence-electron chi connectivity index (χ3n) is 3.32. The van der Waals surface area contributed by atoms with Gasteiger partial charge in [0.05, 0.1) is 6.04 Å². The summed E-state index contributed by atoms with van der Waals surface area (Å²) in [5.74, 6) is 0. The number of urea groups is 1. The highest BCUT2D eigenvalue weighted by Crippen LogP contribution is 2.40. The maximum Gasteiger partial charge on any atom is 0.316 e. The number of primary amides is 1. The Morgan fingerprint density at radius 1 is 1.38 bits per heavy atom. The van der Waals surface area contributed by atoms with E-state index in [2.05, 4.69) is 4.90 Å². The minimum Gasteiger partial charge on any atom is -0.351 e. The van der Waals surface area contributed by atoms with Crippen molar-refractivity contribution in [1.82, 2.24) is 9.80 Å². The molecule has 0 saturated carbocycles. The number of carbonyl (C=O) groups excluding carboxylic acids is 1. The van der Waals surface area contributed by atoms with E-state index in [0.717, 1.165) is 19.4 Å². The molecule has 3 rings (SSSR count). The largest absolute Gasteiger partial charge is 0.351 e. The van der Waals surface area contributed by atoms with Crippen LogP contribution in [-0.4, -0.2) is 47.4 Å². The van der Waals surface area contributed by atoms with Crippen LogP contribution in [0.2, 0.25) is 0 Å². The molecule has 3 fully saturated rings. The first-order chi connectivity index (χ1) is 6.27. The highest BCUT2D eigenvalue weighted by atomic mass is 16.5. The Kier molecular flexibility index (Phi) is 1.38. The van der Waals surface area contributed by atoms with E-state index in [4.69, 9.17) is 10.5 Å². The van der Waals surface area contributed by atoms with Crippen LogP contribution in [0, 0.1) is 0 Å². The summed E-state index contributed by atoms with van der Waals surface area (Å²) in [6, 6.07) is 0.0587. The van der Waals surface area contributed by atoms with Gasteiger partial charge in [0.2, 0.25) is 0 Å². The predicted octanol–water partition coefficient (Wildman–Crippen LogP) is -0.473. The van der Waals surface area contributed by atoms with Crippen molar-refractivity contribution >= 4 is 6.03 Å². The lowest BCUT2D eigenvalue weighted by atomic mass is 10.1. The molecule has 0 aromatic rings. The number of carbonyl (C=O) groups is 1. The Bertz CT molecular complexity index is 258. The molecule has 72 valence electrons. The van der Waals surface area contributed by atoms with Crippen molar-refractivity contribution in [2.24, 2.45) is 5.73 Å². The van der Waals surface area contributed by atoms with Gasteiger partial charge in [0.15, 0.2) is 6.23 Å². The normalized spacial score (nSPS) is 46.9. The van der Waals surface area contributed by atoms with E-state index in [-0.39, 0.29) is 18.5 Å². The van der Waals surface area contributed by atoms with Gasteiger partial charge in [0, 0.05) is 13.1 Å². The lowest BCUT2D eigenvalue weighted by Crippen LogP contribution is -2.56. The molecule has 0 aromatic heterocycles. The average Bonchev–Trinajstić information content (AvgIpc) is 2.59. The number of piperazine rings is 1. The molecule has 0 aromatic carbocycles. The van der Waals surface area contributed by atoms with E-state index >= 15 is 0 Å². The highest BCUT2D eigenvalue weighted by Gasteiger charge is 2.53. The van der Waals surface area contributed by atoms with Crippen LogP contribution in [0.1, 0.15) is 12.8 Å². The third-order valence-corrected chi connectivity index (χ3v) is 3.32. The Balaban J connectivity index is 1.88. The molecular weight excluding hydrogens is 170 g/mol. The lowest BCUT2D eigenvalue weighted by molar-refractivity contribution is -0.0537. The fourth-order valence-corrected chi connectivity index (χ4v) is 2.74. The summed E-state index contributed by atoms with van der Waals surface area (Å²) >= 11 is 0. The Hall–Kier alpha value is -0.810. The number of amides is 2. The van der Waals surface area contributed by atoms with Crippen LogP contribution in [0.25, 0.3) is 0 Å². The smallest absolute Gasteiger partial charge is 0.316 e. The van der Waals surface area contributed by atoms with Gasteiger partial charge in [-0.3, -0.25) is 9.80 Å². The molecule has 2 amide bonds. The zero-order valence-electron chi connectivity index (χ0n) is 7.35. The zero-order chi connectivity index (χ0) is 9.00. The van der Waals surface area contributed by atoms with Gasteiger partial charge >= 0.3 is 6.03 Å². The number of ether oxygens (including phenoxy) is 1. The molecule has 3 saturated heterocycles. The van der Waals surface area contributed by atoms with Crippen molar-refractivity contribution in [3.8, 4) is 0 Å². The molecule has 5 heteroatoms. The molecule has 3 heterocycles. The minimum atomic E-state index is -0.350. The summed E-state index contributed by atoms with van der Waals surface area (Å²) in [7, 11) is 0. The van der Waals surface area contributed by atoms with Gasteiger partial charge in [0.1, 0.15) is 6.23 Å². The fraction of sp³-hybridized carbons (Fsp3) is 0.875. The van der Waals surface area contributed by atoms with Gasteiger partial charge in [-0.05, 0) is 12.8 Å². The number of nitrogens with zero attached hydrogens (tertiary/aromatic N) is 2. The second-order valence-electron chi connectivity index (χ2n) is 3.90. The molecule has 0 radical (unpaired) electrons. The minimum absolute atomic E-state index is 0.0648. The third kappa shape index (κ3) is 0.858. The zero-order valence-corrected chi connectivity index (χ0v) is 7.35. The van der Waals surface area contributed by atoms with Crippen LogP contribution in [0.15, 0.2) is 0 Å². The van der Waals surface area contributed by atoms with E-state index in [0.29, 0.717) is 12.6 Å². The summed E-state index contributed by atoms with van der Waals surface area (Å²) < 4.78 is 5.71. The highest BCUT2D eigenvalue weighted by molar-refractivity contribution is 5.72. The monoisotopic (exact) mass is 183 g/mol. The van der Waals surface area contributed by atoms with E-state index in [1.54, 1.807) is 4.90 Å². The topological polar surface area (TPSA) is 58.8 Å². The Labute approximate surface area is 76.4 Å². The molecule has 4 atom stereocenters. The molecule has 0 aliphatic carbocycles. The Morgan fingerprint density at radius 3 is 3.00 bits per heavy atom. The van der Waals surface area contributed by atoms with Crippen LogP contribution in [0.3, 0.4) is 0 Å². The molecule has 4 bridgehead atoms. The molecule has 0 spiro atoms. The second kappa shape index (κ2) is 2.36. The van der Waals surface area contributed by atoms with Gasteiger partial charge in [-0.1, -0.05) is 0 Å². The summed E-state index contributed by atoms with van der Waals surface area (Å²) in [4.78, 5) is 15.1. The van der Waals surface area contributed by atoms with E-state index < -0.39 is 0 Å². The number of hydrogen-bond donors (Lipinski definition) is 1. The number of rotatable bonds is 0. The van der Waals surface area contributed by atoms with Crippen LogP contribution in [0.4, 0.5) is 4.79 Å². The van der Waals surface area contributed by atoms with Gasteiger partial charge in [-0.15, -0.1) is 0 Å². The molecule has 13 heavy (non-hydrogen) atoms. The molecule has 3 aliphatic rings. The SMILES string of the molecule is NC(=O)N1CCN2C3CCC2C1O3. The van der Waals surface area contributed by atoms with Crippen LogP contribution < -0.4 is 5.73 Å². The summed E-state index contributed by atoms with van der Waals surface area (Å²) in [6.45, 7) is 1.63. The second-order valence-corrected chi connectivity index (χ2v) is 3.90. The standard InChI is InChI=1S/C8H13N3O2/c9-8(12)11-4-3-10-5-1-2-6(10)13-7(5)11/h5-7H,1-4H2,(H2,9,12). The summed E-state index contributed by atoms with van der Waals surface area (Å²) in [5, 5.41) is 0. The van der Waals surface area contributed by atoms with Crippen molar-refractivity contribution < 1.29 is 9.53 Å². The molecule has 3 aliphatic heterocycles. The lowest BCUT2D eigenvalue weighted by Gasteiger charge is -2.36. The maximum absolute atomic E-state index is 11.1. The molecule has 4 unspecified atom stereocenters. The quantitative estimate of drug-likeness (QED) is 0.552. The van der Waals surface area contributed by atoms with Crippen molar-refractivity contribution in [1.29, 1.82) is 0 Å². The van der Waals surface area contributed by atoms with Crippen LogP contribution >= 0.6 is 0 Å². The summed E-state index contributed by atoms with van der Waals surface area (Å²) in [6.07, 6.45) is 2.43. The molecule has 5 nitrogen and oxygen atoms in total. The van der Waals surface area contributed by atoms with Crippen LogP contribution in [-0.2, 0) is 4.74 Å². The van der Waals surface area contributed by atoms with Gasteiger partial charge < -0.3 is 10.5 Å². The van der Waals surface area contributed by atoms with Crippen molar-refractivity contribution in [2.75, 3.05) is 13.1 Å². The van der Waals surface area contributed by atoms with Gasteiger partial charge in [-0.2, -0.15) is 0 Å². The van der Waals surface area contributed by atoms with Crippen molar-refractivity contribution in [3.63, 3.8) is 0 Å². The van der Waals surface area contributed by atoms with Gasteiger partial charge in [0.25, 0.3) is 0 Å². The van der Waals surface area contributed by atoms with Gasteiger partial charge in [-0.25, -0.2) is 4.79 Å². The molecular formula is C8H13N3O2. The Morgan fingerprint density at radius 2 is 2.23 bits per heavy atom. The maximum atomic E-state index is 11.1. The predicted molar refractivity (Wildman–Crippen MR) is 44.7 cm³/mol. The average molecular weight is 183 g/mol. The van der Waals surface area contributed by atoms with E-state index in [1.807, 2.05) is 0 Å². The first-order valence-electron chi connectivity index (χ1n) is 4.74. The van der Waals surface area contributed by atoms with E-state index in [9.17, 15) is 4.79 Å². The number of hydrogen-bond acceptors (Lipinski definition) is 3. The van der Waals surface area contributed by atoms with Crippen LogP contribution in [0.5, 0.6) is 0 Å². The number of nitrogens with two attached hydrogens (primary N) is 1. The first kappa shape index (κ1) is 7.58. The van der Waals surface area contributed by atoms with E-state index in [1.165, 1.54) is 0 Å². The molecule has 2 N–H and O–H groups in total. The van der Waals surface area contributed by atoms with Crippen molar-refractivity contribution in [2.45, 2.75) is 31.3 Å². The van der Waals surface area contributed by atoms with Crippen molar-refractivity contribution in [3.05, 3.63) is 0 Å². The fourth-order valence-electron chi connectivity index (χ4n) is 2.74. The first-order valence-corrected chi connectivity index (χ1v) is 4.74.